The number of rotatable bonds is 3. The van der Waals surface area contributed by atoms with Crippen LogP contribution in [0.3, 0.4) is 0 Å². The number of carbonyl (C=O) groups excluding carboxylic acids is 2. The van der Waals surface area contributed by atoms with Gasteiger partial charge in [0.2, 0.25) is 0 Å². The summed E-state index contributed by atoms with van der Waals surface area (Å²) >= 11 is 0. The summed E-state index contributed by atoms with van der Waals surface area (Å²) in [7, 11) is 0. The minimum absolute atomic E-state index is 0. The van der Waals surface area contributed by atoms with Crippen LogP contribution in [0.2, 0.25) is 0 Å². The minimum Gasteiger partial charge on any atom is -0.297 e. The van der Waals surface area contributed by atoms with E-state index in [1.54, 1.807) is 12.1 Å². The fourth-order valence-electron chi connectivity index (χ4n) is 4.61. The zero-order chi connectivity index (χ0) is 20.1. The number of likely N-dealkylation sites (tertiary alicyclic amines) is 1. The van der Waals surface area contributed by atoms with Gasteiger partial charge in [-0.25, -0.2) is 4.39 Å². The molecule has 1 atom stereocenters. The highest BCUT2D eigenvalue weighted by Crippen LogP contribution is 2.39. The molecular weight excluding hydrogens is 407 g/mol. The van der Waals surface area contributed by atoms with Crippen LogP contribution < -0.4 is 5.32 Å². The van der Waals surface area contributed by atoms with Gasteiger partial charge in [-0.3, -0.25) is 24.9 Å². The predicted molar refractivity (Wildman–Crippen MR) is 114 cm³/mol. The Bertz CT molecular complexity index is 1150. The maximum atomic E-state index is 13.6. The van der Waals surface area contributed by atoms with Crippen molar-refractivity contribution in [3.8, 4) is 11.3 Å². The van der Waals surface area contributed by atoms with Crippen molar-refractivity contribution in [2.45, 2.75) is 32.2 Å². The molecule has 6 nitrogen and oxygen atoms in total. The number of H-pyrrole nitrogens is 1. The summed E-state index contributed by atoms with van der Waals surface area (Å²) in [5.74, 6) is -1.07. The van der Waals surface area contributed by atoms with E-state index in [2.05, 4.69) is 27.3 Å². The number of hydrogen-bond acceptors (Lipinski definition) is 4. The molecule has 156 valence electrons. The van der Waals surface area contributed by atoms with Crippen LogP contribution in [0.4, 0.5) is 4.39 Å². The van der Waals surface area contributed by atoms with Gasteiger partial charge in [0.1, 0.15) is 11.5 Å². The van der Waals surface area contributed by atoms with E-state index in [-0.39, 0.29) is 36.1 Å². The van der Waals surface area contributed by atoms with Crippen molar-refractivity contribution in [3.05, 3.63) is 52.8 Å². The van der Waals surface area contributed by atoms with Crippen LogP contribution in [-0.4, -0.2) is 40.0 Å². The Morgan fingerprint density at radius 1 is 1.03 bits per heavy atom. The molecule has 0 saturated carbocycles. The van der Waals surface area contributed by atoms with Crippen LogP contribution in [0.5, 0.6) is 0 Å². The molecule has 0 aliphatic carbocycles. The number of nitrogens with zero attached hydrogens (tertiary/aromatic N) is 2. The normalized spacial score (nSPS) is 17.5. The number of carbonyl (C=O) groups is 2. The number of benzene rings is 2. The second-order valence-electron chi connectivity index (χ2n) is 7.77. The van der Waals surface area contributed by atoms with Gasteiger partial charge in [0, 0.05) is 17.0 Å². The number of amides is 2. The number of aromatic amines is 1. The highest BCUT2D eigenvalue weighted by atomic mass is 35.5. The molecular formula is C22H22ClFN4O2. The number of piperidine rings is 1. The summed E-state index contributed by atoms with van der Waals surface area (Å²) in [6.45, 7) is 3.98. The van der Waals surface area contributed by atoms with Gasteiger partial charge in [-0.2, -0.15) is 5.10 Å². The molecule has 0 spiro atoms. The highest BCUT2D eigenvalue weighted by molar-refractivity contribution is 6.23. The second kappa shape index (κ2) is 7.81. The van der Waals surface area contributed by atoms with Gasteiger partial charge < -0.3 is 0 Å². The number of aromatic nitrogens is 2. The van der Waals surface area contributed by atoms with Crippen LogP contribution in [0.1, 0.15) is 58.5 Å². The number of hydrogen-bond donors (Lipinski definition) is 2. The molecule has 3 heterocycles. The molecule has 2 N–H and O–H groups in total. The summed E-state index contributed by atoms with van der Waals surface area (Å²) in [6, 6.07) is 7.98. The van der Waals surface area contributed by atoms with Crippen molar-refractivity contribution in [3.63, 3.8) is 0 Å². The summed E-state index contributed by atoms with van der Waals surface area (Å²) in [5.41, 5.74) is 3.70. The topological polar surface area (TPSA) is 78.1 Å². The van der Waals surface area contributed by atoms with E-state index >= 15 is 0 Å². The van der Waals surface area contributed by atoms with Crippen molar-refractivity contribution in [1.29, 1.82) is 0 Å². The van der Waals surface area contributed by atoms with Crippen LogP contribution >= 0.6 is 12.4 Å². The van der Waals surface area contributed by atoms with Crippen molar-refractivity contribution in [2.75, 3.05) is 13.1 Å². The molecule has 0 bridgehead atoms. The monoisotopic (exact) mass is 428 g/mol. The molecule has 2 aliphatic heterocycles. The van der Waals surface area contributed by atoms with Gasteiger partial charge in [-0.1, -0.05) is 12.5 Å². The molecule has 3 aromatic rings. The third kappa shape index (κ3) is 3.18. The van der Waals surface area contributed by atoms with Crippen LogP contribution in [0, 0.1) is 5.82 Å². The van der Waals surface area contributed by atoms with Gasteiger partial charge in [0.15, 0.2) is 0 Å². The van der Waals surface area contributed by atoms with E-state index in [0.717, 1.165) is 42.4 Å². The van der Waals surface area contributed by atoms with Gasteiger partial charge in [0.05, 0.1) is 16.6 Å². The molecule has 1 unspecified atom stereocenters. The van der Waals surface area contributed by atoms with Crippen LogP contribution in [0.25, 0.3) is 22.2 Å². The lowest BCUT2D eigenvalue weighted by molar-refractivity contribution is 0.0878. The third-order valence-electron chi connectivity index (χ3n) is 6.08. The average molecular weight is 429 g/mol. The maximum Gasteiger partial charge on any atom is 0.259 e. The number of fused-ring (bicyclic) bond motifs is 2. The molecule has 2 aromatic carbocycles. The fourth-order valence-corrected chi connectivity index (χ4v) is 4.61. The Morgan fingerprint density at radius 3 is 2.53 bits per heavy atom. The number of nitrogens with one attached hydrogen (secondary N) is 2. The lowest BCUT2D eigenvalue weighted by Gasteiger charge is -2.34. The van der Waals surface area contributed by atoms with Gasteiger partial charge >= 0.3 is 0 Å². The predicted octanol–water partition coefficient (Wildman–Crippen LogP) is 4.22. The van der Waals surface area contributed by atoms with Crippen molar-refractivity contribution < 1.29 is 14.0 Å². The SMILES string of the molecule is CC(c1c(-c2n[nH]c3cc(F)ccc23)ccc2c1C(=O)NC2=O)N1CCCCC1.Cl. The number of halogens is 2. The number of imide groups is 1. The van der Waals surface area contributed by atoms with E-state index in [1.807, 2.05) is 6.07 Å². The van der Waals surface area contributed by atoms with E-state index in [4.69, 9.17) is 0 Å². The van der Waals surface area contributed by atoms with Crippen molar-refractivity contribution >= 4 is 35.1 Å². The smallest absolute Gasteiger partial charge is 0.259 e. The van der Waals surface area contributed by atoms with Gasteiger partial charge in [0.25, 0.3) is 11.8 Å². The summed E-state index contributed by atoms with van der Waals surface area (Å²) in [6.07, 6.45) is 3.44. The Labute approximate surface area is 179 Å². The first-order chi connectivity index (χ1) is 14.0. The lowest BCUT2D eigenvalue weighted by atomic mass is 9.88. The molecule has 1 saturated heterocycles. The largest absolute Gasteiger partial charge is 0.297 e. The molecule has 2 amide bonds. The second-order valence-corrected chi connectivity index (χ2v) is 7.77. The van der Waals surface area contributed by atoms with Crippen molar-refractivity contribution in [1.82, 2.24) is 20.4 Å². The lowest BCUT2D eigenvalue weighted by Crippen LogP contribution is -2.33. The minimum atomic E-state index is -0.364. The van der Waals surface area contributed by atoms with E-state index in [9.17, 15) is 14.0 Å². The molecule has 1 fully saturated rings. The third-order valence-corrected chi connectivity index (χ3v) is 6.08. The maximum absolute atomic E-state index is 13.6. The van der Waals surface area contributed by atoms with Gasteiger partial charge in [-0.15, -0.1) is 12.4 Å². The molecule has 5 rings (SSSR count). The van der Waals surface area contributed by atoms with E-state index in [1.165, 1.54) is 18.6 Å². The highest BCUT2D eigenvalue weighted by Gasteiger charge is 2.35. The van der Waals surface area contributed by atoms with E-state index in [0.29, 0.717) is 22.3 Å². The zero-order valence-corrected chi connectivity index (χ0v) is 17.3. The summed E-state index contributed by atoms with van der Waals surface area (Å²) < 4.78 is 13.6. The fraction of sp³-hybridized carbons (Fsp3) is 0.318. The first-order valence-electron chi connectivity index (χ1n) is 9.95. The molecule has 1 aromatic heterocycles. The van der Waals surface area contributed by atoms with Crippen molar-refractivity contribution in [2.24, 2.45) is 0 Å². The summed E-state index contributed by atoms with van der Waals surface area (Å²) in [4.78, 5) is 27.3. The molecule has 2 aliphatic rings. The molecule has 8 heteroatoms. The molecule has 0 radical (unpaired) electrons. The standard InChI is InChI=1S/C22H21FN4O2.ClH/c1-12(27-9-3-2-4-10-27)18-15(7-8-16-19(18)22(29)24-21(16)28)20-14-6-5-13(23)11-17(14)25-26-20;/h5-8,11-12H,2-4,9-10H2,1H3,(H,25,26)(H,24,28,29);1H. The quantitative estimate of drug-likeness (QED) is 0.612. The first-order valence-corrected chi connectivity index (χ1v) is 9.95. The molecule has 30 heavy (non-hydrogen) atoms. The van der Waals surface area contributed by atoms with Gasteiger partial charge in [-0.05, 0) is 62.7 Å². The first kappa shape index (κ1) is 20.5. The summed E-state index contributed by atoms with van der Waals surface area (Å²) in [5, 5.41) is 10.5. The Hall–Kier alpha value is -2.77. The zero-order valence-electron chi connectivity index (χ0n) is 16.5. The van der Waals surface area contributed by atoms with E-state index < -0.39 is 0 Å². The average Bonchev–Trinajstić information content (AvgIpc) is 3.27. The van der Waals surface area contributed by atoms with Crippen LogP contribution in [-0.2, 0) is 0 Å². The Morgan fingerprint density at radius 2 is 1.77 bits per heavy atom. The Kier molecular flexibility index (Phi) is 5.34. The van der Waals surface area contributed by atoms with Crippen LogP contribution in [0.15, 0.2) is 30.3 Å². The Balaban J connectivity index is 0.00000218.